The van der Waals surface area contributed by atoms with Crippen LogP contribution in [0.25, 0.3) is 11.1 Å². The number of phenolic OH excluding ortho intramolecular Hbond substituents is 1. The predicted octanol–water partition coefficient (Wildman–Crippen LogP) is 4.22. The highest BCUT2D eigenvalue weighted by molar-refractivity contribution is 7.15. The van der Waals surface area contributed by atoms with Crippen molar-refractivity contribution in [2.45, 2.75) is 13.5 Å². The molecule has 26 heavy (non-hydrogen) atoms. The molecule has 132 valence electrons. The summed E-state index contributed by atoms with van der Waals surface area (Å²) < 4.78 is 0. The topological polar surface area (TPSA) is 75.1 Å². The number of aromatic nitrogens is 2. The Hall–Kier alpha value is -2.70. The molecule has 0 aliphatic carbocycles. The molecule has 0 fully saturated rings. The van der Waals surface area contributed by atoms with Gasteiger partial charge in [-0.3, -0.25) is 4.79 Å². The minimum Gasteiger partial charge on any atom is -0.508 e. The van der Waals surface area contributed by atoms with Crippen LogP contribution in [-0.2, 0) is 6.54 Å². The largest absolute Gasteiger partial charge is 0.508 e. The molecule has 0 bridgehead atoms. The third-order valence-electron chi connectivity index (χ3n) is 3.58. The highest BCUT2D eigenvalue weighted by Crippen LogP contribution is 2.25. The zero-order valence-electron chi connectivity index (χ0n) is 13.9. The molecule has 1 aromatic heterocycles. The van der Waals surface area contributed by atoms with Gasteiger partial charge in [0, 0.05) is 6.54 Å². The van der Waals surface area contributed by atoms with Crippen molar-refractivity contribution in [3.8, 4) is 5.75 Å². The van der Waals surface area contributed by atoms with Gasteiger partial charge in [-0.15, -0.1) is 10.2 Å². The SMILES string of the molecule is Cc1ccc(CNC(=O)c2nnc(/C(Cl)=C/c3ccc(O)cc3)s2)cc1. The van der Waals surface area contributed by atoms with E-state index < -0.39 is 0 Å². The molecule has 2 N–H and O–H groups in total. The molecule has 0 unspecified atom stereocenters. The van der Waals surface area contributed by atoms with Crippen LogP contribution in [-0.4, -0.2) is 21.2 Å². The number of nitrogens with zero attached hydrogens (tertiary/aromatic N) is 2. The average molecular weight is 386 g/mol. The first kappa shape index (κ1) is 18.1. The molecule has 3 rings (SSSR count). The molecule has 0 radical (unpaired) electrons. The summed E-state index contributed by atoms with van der Waals surface area (Å²) in [6.45, 7) is 2.44. The molecule has 0 saturated heterocycles. The minimum absolute atomic E-state index is 0.182. The average Bonchev–Trinajstić information content (AvgIpc) is 3.13. The van der Waals surface area contributed by atoms with Gasteiger partial charge in [-0.05, 0) is 36.3 Å². The van der Waals surface area contributed by atoms with E-state index in [1.54, 1.807) is 30.3 Å². The zero-order chi connectivity index (χ0) is 18.5. The van der Waals surface area contributed by atoms with Crippen LogP contribution in [0.4, 0.5) is 0 Å². The van der Waals surface area contributed by atoms with Crippen molar-refractivity contribution in [2.24, 2.45) is 0 Å². The molecule has 0 saturated carbocycles. The molecular formula is C19H16ClN3O2S. The maximum absolute atomic E-state index is 12.2. The lowest BCUT2D eigenvalue weighted by molar-refractivity contribution is 0.0950. The zero-order valence-corrected chi connectivity index (χ0v) is 15.5. The van der Waals surface area contributed by atoms with Gasteiger partial charge in [0.2, 0.25) is 5.01 Å². The van der Waals surface area contributed by atoms with Crippen LogP contribution in [0, 0.1) is 6.92 Å². The maximum atomic E-state index is 12.2. The second-order valence-corrected chi connectivity index (χ2v) is 7.05. The minimum atomic E-state index is -0.288. The Labute approximate surface area is 160 Å². The molecule has 5 nitrogen and oxygen atoms in total. The number of carbonyl (C=O) groups is 1. The van der Waals surface area contributed by atoms with Gasteiger partial charge in [-0.2, -0.15) is 0 Å². The normalized spacial score (nSPS) is 11.4. The fourth-order valence-corrected chi connectivity index (χ4v) is 3.10. The van der Waals surface area contributed by atoms with Crippen LogP contribution in [0.3, 0.4) is 0 Å². The van der Waals surface area contributed by atoms with Gasteiger partial charge in [-0.1, -0.05) is 64.9 Å². The first-order chi connectivity index (χ1) is 12.5. The Bertz CT molecular complexity index is 934. The summed E-state index contributed by atoms with van der Waals surface area (Å²) >= 11 is 7.39. The lowest BCUT2D eigenvalue weighted by Crippen LogP contribution is -2.22. The van der Waals surface area contributed by atoms with Crippen molar-refractivity contribution in [1.82, 2.24) is 15.5 Å². The number of amides is 1. The van der Waals surface area contributed by atoms with Crippen molar-refractivity contribution >= 4 is 40.0 Å². The van der Waals surface area contributed by atoms with Crippen LogP contribution in [0.1, 0.15) is 31.5 Å². The second kappa shape index (κ2) is 8.12. The molecule has 1 heterocycles. The molecule has 0 spiro atoms. The summed E-state index contributed by atoms with van der Waals surface area (Å²) in [6.07, 6.45) is 1.70. The molecule has 1 amide bonds. The molecule has 7 heteroatoms. The van der Waals surface area contributed by atoms with E-state index in [2.05, 4.69) is 15.5 Å². The van der Waals surface area contributed by atoms with Gasteiger partial charge >= 0.3 is 0 Å². The first-order valence-corrected chi connectivity index (χ1v) is 9.04. The molecule has 0 aliphatic rings. The third-order valence-corrected chi connectivity index (χ3v) is 4.94. The molecule has 0 atom stereocenters. The van der Waals surface area contributed by atoms with Crippen molar-refractivity contribution in [2.75, 3.05) is 0 Å². The standard InChI is InChI=1S/C19H16ClN3O2S/c1-12-2-4-14(5-3-12)11-21-17(25)19-23-22-18(26-19)16(20)10-13-6-8-15(24)9-7-13/h2-10,24H,11H2,1H3,(H,21,25)/b16-10-. The van der Waals surface area contributed by atoms with Crippen LogP contribution in [0.15, 0.2) is 48.5 Å². The first-order valence-electron chi connectivity index (χ1n) is 7.85. The monoisotopic (exact) mass is 385 g/mol. The second-order valence-electron chi connectivity index (χ2n) is 5.66. The number of halogens is 1. The maximum Gasteiger partial charge on any atom is 0.282 e. The number of phenols is 1. The number of benzene rings is 2. The number of hydrogen-bond acceptors (Lipinski definition) is 5. The van der Waals surface area contributed by atoms with E-state index >= 15 is 0 Å². The van der Waals surface area contributed by atoms with Crippen molar-refractivity contribution in [3.63, 3.8) is 0 Å². The Morgan fingerprint density at radius 3 is 2.46 bits per heavy atom. The summed E-state index contributed by atoms with van der Waals surface area (Å²) in [4.78, 5) is 12.2. The number of aryl methyl sites for hydroxylation is 1. The van der Waals surface area contributed by atoms with E-state index in [0.717, 1.165) is 22.5 Å². The van der Waals surface area contributed by atoms with E-state index in [0.29, 0.717) is 16.6 Å². The van der Waals surface area contributed by atoms with E-state index in [9.17, 15) is 9.90 Å². The molecule has 0 aliphatic heterocycles. The van der Waals surface area contributed by atoms with E-state index in [4.69, 9.17) is 11.6 Å². The summed E-state index contributed by atoms with van der Waals surface area (Å²) in [7, 11) is 0. The summed E-state index contributed by atoms with van der Waals surface area (Å²) in [5.41, 5.74) is 3.00. The van der Waals surface area contributed by atoms with Gasteiger partial charge in [0.05, 0.1) is 5.03 Å². The van der Waals surface area contributed by atoms with Crippen LogP contribution in [0.2, 0.25) is 0 Å². The quantitative estimate of drug-likeness (QED) is 0.689. The van der Waals surface area contributed by atoms with E-state index in [-0.39, 0.29) is 16.7 Å². The van der Waals surface area contributed by atoms with Gasteiger partial charge < -0.3 is 10.4 Å². The fourth-order valence-electron chi connectivity index (χ4n) is 2.15. The van der Waals surface area contributed by atoms with Gasteiger partial charge in [0.1, 0.15) is 5.75 Å². The Kier molecular flexibility index (Phi) is 5.65. The number of aromatic hydroxyl groups is 1. The summed E-state index contributed by atoms with van der Waals surface area (Å²) in [5.74, 6) is -0.106. The Balaban J connectivity index is 1.65. The third kappa shape index (κ3) is 4.68. The highest BCUT2D eigenvalue weighted by atomic mass is 35.5. The number of rotatable bonds is 5. The Morgan fingerprint density at radius 2 is 1.77 bits per heavy atom. The Morgan fingerprint density at radius 1 is 1.12 bits per heavy atom. The van der Waals surface area contributed by atoms with Crippen molar-refractivity contribution in [3.05, 3.63) is 75.2 Å². The van der Waals surface area contributed by atoms with Crippen LogP contribution < -0.4 is 5.32 Å². The lowest BCUT2D eigenvalue weighted by Gasteiger charge is -2.03. The molecule has 2 aromatic carbocycles. The number of hydrogen-bond donors (Lipinski definition) is 2. The predicted molar refractivity (Wildman–Crippen MR) is 104 cm³/mol. The summed E-state index contributed by atoms with van der Waals surface area (Å²) in [5, 5.41) is 21.1. The number of nitrogens with one attached hydrogen (secondary N) is 1. The van der Waals surface area contributed by atoms with Gasteiger partial charge in [0.15, 0.2) is 5.01 Å². The van der Waals surface area contributed by atoms with Crippen molar-refractivity contribution in [1.29, 1.82) is 0 Å². The van der Waals surface area contributed by atoms with Gasteiger partial charge in [0.25, 0.3) is 5.91 Å². The van der Waals surface area contributed by atoms with E-state index in [1.165, 1.54) is 5.56 Å². The fraction of sp³-hybridized carbons (Fsp3) is 0.105. The van der Waals surface area contributed by atoms with Crippen LogP contribution >= 0.6 is 22.9 Å². The highest BCUT2D eigenvalue weighted by Gasteiger charge is 2.14. The smallest absolute Gasteiger partial charge is 0.282 e. The number of carbonyl (C=O) groups excluding carboxylic acids is 1. The van der Waals surface area contributed by atoms with Crippen molar-refractivity contribution < 1.29 is 9.90 Å². The molecular weight excluding hydrogens is 370 g/mol. The lowest BCUT2D eigenvalue weighted by atomic mass is 10.1. The van der Waals surface area contributed by atoms with Crippen LogP contribution in [0.5, 0.6) is 5.75 Å². The van der Waals surface area contributed by atoms with Gasteiger partial charge in [-0.25, -0.2) is 0 Å². The molecule has 3 aromatic rings. The summed E-state index contributed by atoms with van der Waals surface area (Å²) in [6, 6.07) is 14.5. The van der Waals surface area contributed by atoms with E-state index in [1.807, 2.05) is 31.2 Å².